The van der Waals surface area contributed by atoms with Gasteiger partial charge in [0.1, 0.15) is 17.7 Å². The fourth-order valence-corrected chi connectivity index (χ4v) is 3.05. The molecule has 2 unspecified atom stereocenters. The zero-order valence-electron chi connectivity index (χ0n) is 12.2. The van der Waals surface area contributed by atoms with Gasteiger partial charge in [-0.1, -0.05) is 30.3 Å². The molecule has 2 N–H and O–H groups in total. The summed E-state index contributed by atoms with van der Waals surface area (Å²) >= 11 is 0. The van der Waals surface area contributed by atoms with Gasteiger partial charge in [0, 0.05) is 11.6 Å². The highest BCUT2D eigenvalue weighted by molar-refractivity contribution is 5.39. The van der Waals surface area contributed by atoms with Crippen LogP contribution >= 0.6 is 0 Å². The molecule has 2 aromatic carbocycles. The van der Waals surface area contributed by atoms with Crippen LogP contribution in [0.3, 0.4) is 0 Å². The van der Waals surface area contributed by atoms with E-state index in [4.69, 9.17) is 10.5 Å². The molecule has 2 nitrogen and oxygen atoms in total. The fourth-order valence-electron chi connectivity index (χ4n) is 3.05. The Balaban J connectivity index is 1.94. The number of hydrogen-bond donors (Lipinski definition) is 1. The SMILES string of the molecule is CC(N)c1c(F)cccc1OC1CCCc2ccccc21. The third-order valence-corrected chi connectivity index (χ3v) is 4.05. The maximum Gasteiger partial charge on any atom is 0.131 e. The van der Waals surface area contributed by atoms with Gasteiger partial charge in [0.25, 0.3) is 0 Å². The maximum absolute atomic E-state index is 14.0. The van der Waals surface area contributed by atoms with Gasteiger partial charge >= 0.3 is 0 Å². The standard InChI is InChI=1S/C18H20FNO/c1-12(20)18-15(19)9-5-11-17(18)21-16-10-4-7-13-6-2-3-8-14(13)16/h2-3,5-6,8-9,11-12,16H,4,7,10,20H2,1H3. The molecular weight excluding hydrogens is 265 g/mol. The van der Waals surface area contributed by atoms with Crippen LogP contribution in [0.5, 0.6) is 5.75 Å². The first-order valence-electron chi connectivity index (χ1n) is 7.45. The normalized spacial score (nSPS) is 18.9. The Kier molecular flexibility index (Phi) is 3.93. The number of rotatable bonds is 3. The largest absolute Gasteiger partial charge is 0.485 e. The Morgan fingerprint density at radius 3 is 2.81 bits per heavy atom. The van der Waals surface area contributed by atoms with Gasteiger partial charge in [-0.25, -0.2) is 4.39 Å². The first kappa shape index (κ1) is 14.1. The molecule has 0 saturated heterocycles. The Morgan fingerprint density at radius 1 is 1.19 bits per heavy atom. The van der Waals surface area contributed by atoms with Crippen LogP contribution in [-0.2, 0) is 6.42 Å². The molecule has 0 heterocycles. The molecule has 110 valence electrons. The van der Waals surface area contributed by atoms with Gasteiger partial charge in [-0.15, -0.1) is 0 Å². The second kappa shape index (κ2) is 5.86. The van der Waals surface area contributed by atoms with Crippen molar-refractivity contribution in [2.75, 3.05) is 0 Å². The molecule has 0 spiro atoms. The lowest BCUT2D eigenvalue weighted by molar-refractivity contribution is 0.180. The van der Waals surface area contributed by atoms with Crippen LogP contribution in [-0.4, -0.2) is 0 Å². The predicted octanol–water partition coefficient (Wildman–Crippen LogP) is 4.30. The molecule has 0 bridgehead atoms. The van der Waals surface area contributed by atoms with Crippen molar-refractivity contribution in [3.63, 3.8) is 0 Å². The number of ether oxygens (including phenoxy) is 1. The van der Waals surface area contributed by atoms with Crippen LogP contribution in [0.15, 0.2) is 42.5 Å². The molecule has 21 heavy (non-hydrogen) atoms. The molecule has 1 aliphatic rings. The highest BCUT2D eigenvalue weighted by Crippen LogP contribution is 2.36. The predicted molar refractivity (Wildman–Crippen MR) is 81.8 cm³/mol. The Morgan fingerprint density at radius 2 is 2.00 bits per heavy atom. The summed E-state index contributed by atoms with van der Waals surface area (Å²) in [5.74, 6) is 0.262. The van der Waals surface area contributed by atoms with Crippen LogP contribution in [0.25, 0.3) is 0 Å². The molecular formula is C18H20FNO. The highest BCUT2D eigenvalue weighted by Gasteiger charge is 2.23. The van der Waals surface area contributed by atoms with Gasteiger partial charge < -0.3 is 10.5 Å². The van der Waals surface area contributed by atoms with Crippen LogP contribution < -0.4 is 10.5 Å². The fraction of sp³-hybridized carbons (Fsp3) is 0.333. The minimum absolute atomic E-state index is 0.0192. The summed E-state index contributed by atoms with van der Waals surface area (Å²) < 4.78 is 20.1. The molecule has 3 rings (SSSR count). The smallest absolute Gasteiger partial charge is 0.131 e. The van der Waals surface area contributed by atoms with Gasteiger partial charge in [0.2, 0.25) is 0 Å². The third-order valence-electron chi connectivity index (χ3n) is 4.05. The van der Waals surface area contributed by atoms with E-state index in [0.717, 1.165) is 19.3 Å². The molecule has 0 fully saturated rings. The van der Waals surface area contributed by atoms with E-state index in [-0.39, 0.29) is 18.0 Å². The van der Waals surface area contributed by atoms with Crippen LogP contribution in [0.4, 0.5) is 4.39 Å². The van der Waals surface area contributed by atoms with E-state index in [9.17, 15) is 4.39 Å². The summed E-state index contributed by atoms with van der Waals surface area (Å²) in [6, 6.07) is 12.8. The average Bonchev–Trinajstić information content (AvgIpc) is 2.47. The summed E-state index contributed by atoms with van der Waals surface area (Å²) in [6.07, 6.45) is 3.10. The van der Waals surface area contributed by atoms with Crippen molar-refractivity contribution in [1.29, 1.82) is 0 Å². The molecule has 1 aliphatic carbocycles. The highest BCUT2D eigenvalue weighted by atomic mass is 19.1. The van der Waals surface area contributed by atoms with Crippen LogP contribution in [0, 0.1) is 5.82 Å². The minimum Gasteiger partial charge on any atom is -0.485 e. The lowest BCUT2D eigenvalue weighted by atomic mass is 9.89. The van der Waals surface area contributed by atoms with Crippen molar-refractivity contribution in [3.8, 4) is 5.75 Å². The third kappa shape index (κ3) is 2.79. The molecule has 0 aromatic heterocycles. The monoisotopic (exact) mass is 285 g/mol. The molecule has 3 heteroatoms. The quantitative estimate of drug-likeness (QED) is 0.912. The van der Waals surface area contributed by atoms with E-state index in [1.165, 1.54) is 17.2 Å². The summed E-state index contributed by atoms with van der Waals surface area (Å²) in [4.78, 5) is 0. The molecule has 0 saturated carbocycles. The van der Waals surface area contributed by atoms with Crippen LogP contribution in [0.1, 0.15) is 48.6 Å². The van der Waals surface area contributed by atoms with Crippen molar-refractivity contribution < 1.29 is 9.13 Å². The zero-order valence-corrected chi connectivity index (χ0v) is 12.2. The topological polar surface area (TPSA) is 35.2 Å². The summed E-state index contributed by atoms with van der Waals surface area (Å²) in [5.41, 5.74) is 8.89. The number of fused-ring (bicyclic) bond motifs is 1. The average molecular weight is 285 g/mol. The van der Waals surface area contributed by atoms with Crippen LogP contribution in [0.2, 0.25) is 0 Å². The van der Waals surface area contributed by atoms with Crippen molar-refractivity contribution in [3.05, 3.63) is 65.0 Å². The number of nitrogens with two attached hydrogens (primary N) is 1. The van der Waals surface area contributed by atoms with E-state index in [1.807, 2.05) is 6.07 Å². The van der Waals surface area contributed by atoms with E-state index in [1.54, 1.807) is 19.1 Å². The minimum atomic E-state index is -0.389. The molecule has 0 amide bonds. The van der Waals surface area contributed by atoms with E-state index >= 15 is 0 Å². The van der Waals surface area contributed by atoms with Crippen molar-refractivity contribution in [2.45, 2.75) is 38.3 Å². The summed E-state index contributed by atoms with van der Waals surface area (Å²) in [6.45, 7) is 1.78. The van der Waals surface area contributed by atoms with Gasteiger partial charge in [-0.3, -0.25) is 0 Å². The van der Waals surface area contributed by atoms with Crippen molar-refractivity contribution in [2.24, 2.45) is 5.73 Å². The van der Waals surface area contributed by atoms with Gasteiger partial charge in [-0.2, -0.15) is 0 Å². The number of benzene rings is 2. The van der Waals surface area contributed by atoms with Crippen molar-refractivity contribution in [1.82, 2.24) is 0 Å². The number of hydrogen-bond acceptors (Lipinski definition) is 2. The lowest BCUT2D eigenvalue weighted by Crippen LogP contribution is -2.17. The first-order chi connectivity index (χ1) is 10.2. The number of aryl methyl sites for hydroxylation is 1. The summed E-state index contributed by atoms with van der Waals surface area (Å²) in [5, 5.41) is 0. The maximum atomic E-state index is 14.0. The second-order valence-corrected chi connectivity index (χ2v) is 5.64. The lowest BCUT2D eigenvalue weighted by Gasteiger charge is -2.27. The Hall–Kier alpha value is -1.87. The van der Waals surface area contributed by atoms with E-state index < -0.39 is 0 Å². The van der Waals surface area contributed by atoms with Gasteiger partial charge in [0.05, 0.1) is 0 Å². The summed E-state index contributed by atoms with van der Waals surface area (Å²) in [7, 11) is 0. The van der Waals surface area contributed by atoms with Crippen molar-refractivity contribution >= 4 is 0 Å². The zero-order chi connectivity index (χ0) is 14.8. The second-order valence-electron chi connectivity index (χ2n) is 5.64. The molecule has 2 aromatic rings. The number of halogens is 1. The van der Waals surface area contributed by atoms with Gasteiger partial charge in [-0.05, 0) is 49.4 Å². The molecule has 2 atom stereocenters. The Labute approximate surface area is 124 Å². The van der Waals surface area contributed by atoms with E-state index in [2.05, 4.69) is 18.2 Å². The van der Waals surface area contributed by atoms with Gasteiger partial charge in [0.15, 0.2) is 0 Å². The molecule has 0 aliphatic heterocycles. The molecule has 0 radical (unpaired) electrons. The first-order valence-corrected chi connectivity index (χ1v) is 7.45. The Bertz CT molecular complexity index is 639. The van der Waals surface area contributed by atoms with E-state index in [0.29, 0.717) is 11.3 Å².